The standard InChI is InChI=1S/C20H39N5O2/c1-19(2,3)27-18(26)24-20(4,5)14-23-17(21-6)22-11-12-25(16-9-10-16)13-15-7-8-15/h15-16H,7-14H2,1-6H3,(H,24,26)(H2,21,22,23). The maximum absolute atomic E-state index is 12.0. The van der Waals surface area contributed by atoms with Crippen LogP contribution in [0.5, 0.6) is 0 Å². The van der Waals surface area contributed by atoms with E-state index >= 15 is 0 Å². The number of hydrogen-bond acceptors (Lipinski definition) is 4. The average Bonchev–Trinajstić information content (AvgIpc) is 3.41. The van der Waals surface area contributed by atoms with Gasteiger partial charge < -0.3 is 20.7 Å². The second kappa shape index (κ2) is 9.13. The molecule has 7 nitrogen and oxygen atoms in total. The predicted octanol–water partition coefficient (Wildman–Crippen LogP) is 2.33. The lowest BCUT2D eigenvalue weighted by atomic mass is 10.1. The lowest BCUT2D eigenvalue weighted by molar-refractivity contribution is 0.0474. The van der Waals surface area contributed by atoms with Crippen molar-refractivity contribution in [3.63, 3.8) is 0 Å². The number of hydrogen-bond donors (Lipinski definition) is 3. The Morgan fingerprint density at radius 2 is 1.78 bits per heavy atom. The van der Waals surface area contributed by atoms with Gasteiger partial charge in [-0.3, -0.25) is 9.89 Å². The van der Waals surface area contributed by atoms with E-state index < -0.39 is 17.2 Å². The van der Waals surface area contributed by atoms with Crippen molar-refractivity contribution in [1.82, 2.24) is 20.9 Å². The van der Waals surface area contributed by atoms with Gasteiger partial charge >= 0.3 is 6.09 Å². The van der Waals surface area contributed by atoms with E-state index in [4.69, 9.17) is 4.74 Å². The molecule has 2 saturated carbocycles. The van der Waals surface area contributed by atoms with E-state index in [1.807, 2.05) is 34.6 Å². The molecule has 27 heavy (non-hydrogen) atoms. The minimum atomic E-state index is -0.501. The van der Waals surface area contributed by atoms with Gasteiger partial charge in [0.2, 0.25) is 0 Å². The fourth-order valence-electron chi connectivity index (χ4n) is 2.96. The van der Waals surface area contributed by atoms with Gasteiger partial charge in [0.25, 0.3) is 0 Å². The van der Waals surface area contributed by atoms with E-state index in [0.29, 0.717) is 6.54 Å². The van der Waals surface area contributed by atoms with Crippen LogP contribution in [0, 0.1) is 5.92 Å². The first-order valence-corrected chi connectivity index (χ1v) is 10.3. The van der Waals surface area contributed by atoms with E-state index in [2.05, 4.69) is 25.8 Å². The van der Waals surface area contributed by atoms with Crippen molar-refractivity contribution >= 4 is 12.1 Å². The molecule has 1 amide bonds. The molecule has 0 aliphatic heterocycles. The summed E-state index contributed by atoms with van der Waals surface area (Å²) in [5, 5.41) is 9.60. The summed E-state index contributed by atoms with van der Waals surface area (Å²) in [7, 11) is 1.77. The maximum Gasteiger partial charge on any atom is 0.408 e. The van der Waals surface area contributed by atoms with E-state index in [0.717, 1.165) is 31.0 Å². The Bertz CT molecular complexity index is 519. The van der Waals surface area contributed by atoms with Gasteiger partial charge in [0, 0.05) is 39.3 Å². The molecule has 0 aromatic carbocycles. The first-order chi connectivity index (χ1) is 12.6. The monoisotopic (exact) mass is 381 g/mol. The van der Waals surface area contributed by atoms with Gasteiger partial charge in [0.1, 0.15) is 5.60 Å². The highest BCUT2D eigenvalue weighted by molar-refractivity contribution is 5.79. The van der Waals surface area contributed by atoms with E-state index in [1.165, 1.54) is 32.2 Å². The van der Waals surface area contributed by atoms with Crippen molar-refractivity contribution in [2.45, 2.75) is 77.5 Å². The summed E-state index contributed by atoms with van der Waals surface area (Å²) < 4.78 is 5.33. The fourth-order valence-corrected chi connectivity index (χ4v) is 2.96. The van der Waals surface area contributed by atoms with Crippen molar-refractivity contribution in [3.05, 3.63) is 0 Å². The third-order valence-electron chi connectivity index (χ3n) is 4.71. The Morgan fingerprint density at radius 1 is 1.11 bits per heavy atom. The molecule has 0 spiro atoms. The summed E-state index contributed by atoms with van der Waals surface area (Å²) in [6.45, 7) is 13.2. The summed E-state index contributed by atoms with van der Waals surface area (Å²) in [5.74, 6) is 1.69. The van der Waals surface area contributed by atoms with Crippen molar-refractivity contribution in [3.8, 4) is 0 Å². The molecule has 0 heterocycles. The van der Waals surface area contributed by atoms with E-state index in [1.54, 1.807) is 7.05 Å². The minimum absolute atomic E-state index is 0.405. The quantitative estimate of drug-likeness (QED) is 0.422. The van der Waals surface area contributed by atoms with Crippen molar-refractivity contribution in [1.29, 1.82) is 0 Å². The van der Waals surface area contributed by atoms with Crippen LogP contribution in [0.1, 0.15) is 60.3 Å². The Labute approximate surface area is 164 Å². The van der Waals surface area contributed by atoms with Gasteiger partial charge in [0.05, 0.1) is 5.54 Å². The van der Waals surface area contributed by atoms with Crippen LogP contribution < -0.4 is 16.0 Å². The second-order valence-electron chi connectivity index (χ2n) is 9.53. The molecule has 0 radical (unpaired) electrons. The molecule has 2 rings (SSSR count). The van der Waals surface area contributed by atoms with Gasteiger partial charge in [-0.15, -0.1) is 0 Å². The normalized spacial score (nSPS) is 18.4. The third-order valence-corrected chi connectivity index (χ3v) is 4.71. The number of alkyl carbamates (subject to hydrolysis) is 1. The predicted molar refractivity (Wildman–Crippen MR) is 110 cm³/mol. The summed E-state index contributed by atoms with van der Waals surface area (Å²) in [4.78, 5) is 18.9. The van der Waals surface area contributed by atoms with Crippen molar-refractivity contribution < 1.29 is 9.53 Å². The molecule has 0 aromatic heterocycles. The highest BCUT2D eigenvalue weighted by Gasteiger charge is 2.33. The van der Waals surface area contributed by atoms with Crippen LogP contribution in [0.2, 0.25) is 0 Å². The van der Waals surface area contributed by atoms with Gasteiger partial charge in [-0.1, -0.05) is 0 Å². The Kier molecular flexibility index (Phi) is 7.37. The molecule has 0 unspecified atom stereocenters. The topological polar surface area (TPSA) is 78.0 Å². The van der Waals surface area contributed by atoms with Crippen LogP contribution in [-0.4, -0.2) is 67.4 Å². The van der Waals surface area contributed by atoms with Gasteiger partial charge in [-0.05, 0) is 66.2 Å². The van der Waals surface area contributed by atoms with Crippen molar-refractivity contribution in [2.75, 3.05) is 33.2 Å². The third kappa shape index (κ3) is 9.31. The largest absolute Gasteiger partial charge is 0.444 e. The zero-order valence-corrected chi connectivity index (χ0v) is 18.0. The SMILES string of the molecule is CN=C(NCCN(CC1CC1)C1CC1)NCC(C)(C)NC(=O)OC(C)(C)C. The molecule has 2 aliphatic carbocycles. The number of guanidine groups is 1. The lowest BCUT2D eigenvalue weighted by Crippen LogP contribution is -2.54. The number of nitrogens with one attached hydrogen (secondary N) is 3. The molecule has 0 bridgehead atoms. The summed E-state index contributed by atoms with van der Waals surface area (Å²) in [6.07, 6.45) is 5.10. The van der Waals surface area contributed by atoms with Crippen LogP contribution in [0.3, 0.4) is 0 Å². The smallest absolute Gasteiger partial charge is 0.408 e. The Morgan fingerprint density at radius 3 is 2.30 bits per heavy atom. The molecule has 0 atom stereocenters. The number of ether oxygens (including phenoxy) is 1. The second-order valence-corrected chi connectivity index (χ2v) is 9.53. The molecule has 156 valence electrons. The summed E-state index contributed by atoms with van der Waals surface area (Å²) in [5.41, 5.74) is -0.953. The number of rotatable bonds is 9. The number of carbonyl (C=O) groups excluding carboxylic acids is 1. The minimum Gasteiger partial charge on any atom is -0.444 e. The van der Waals surface area contributed by atoms with Gasteiger partial charge in [0.15, 0.2) is 5.96 Å². The first-order valence-electron chi connectivity index (χ1n) is 10.3. The highest BCUT2D eigenvalue weighted by Crippen LogP contribution is 2.34. The lowest BCUT2D eigenvalue weighted by Gasteiger charge is -2.29. The molecular weight excluding hydrogens is 342 g/mol. The average molecular weight is 382 g/mol. The number of amides is 1. The highest BCUT2D eigenvalue weighted by atomic mass is 16.6. The fraction of sp³-hybridized carbons (Fsp3) is 0.900. The van der Waals surface area contributed by atoms with Crippen molar-refractivity contribution in [2.24, 2.45) is 10.9 Å². The number of carbonyl (C=O) groups is 1. The van der Waals surface area contributed by atoms with E-state index in [-0.39, 0.29) is 0 Å². The van der Waals surface area contributed by atoms with Crippen LogP contribution in [0.25, 0.3) is 0 Å². The molecular formula is C20H39N5O2. The van der Waals surface area contributed by atoms with Crippen LogP contribution in [0.15, 0.2) is 4.99 Å². The van der Waals surface area contributed by atoms with Crippen LogP contribution in [0.4, 0.5) is 4.79 Å². The molecule has 2 fully saturated rings. The van der Waals surface area contributed by atoms with Crippen LogP contribution >= 0.6 is 0 Å². The first kappa shape index (κ1) is 21.8. The Hall–Kier alpha value is -1.50. The molecule has 0 saturated heterocycles. The van der Waals surface area contributed by atoms with Crippen LogP contribution in [-0.2, 0) is 4.74 Å². The van der Waals surface area contributed by atoms with Gasteiger partial charge in [-0.25, -0.2) is 4.79 Å². The molecule has 2 aliphatic rings. The zero-order valence-electron chi connectivity index (χ0n) is 18.0. The summed E-state index contributed by atoms with van der Waals surface area (Å²) in [6, 6.07) is 0.805. The summed E-state index contributed by atoms with van der Waals surface area (Å²) >= 11 is 0. The van der Waals surface area contributed by atoms with Gasteiger partial charge in [-0.2, -0.15) is 0 Å². The maximum atomic E-state index is 12.0. The Balaban J connectivity index is 1.68. The number of aliphatic imine (C=N–C) groups is 1. The number of nitrogens with zero attached hydrogens (tertiary/aromatic N) is 2. The zero-order chi connectivity index (χ0) is 20.1. The molecule has 3 N–H and O–H groups in total. The molecule has 0 aromatic rings. The molecule has 7 heteroatoms. The van der Waals surface area contributed by atoms with E-state index in [9.17, 15) is 4.79 Å².